The van der Waals surface area contributed by atoms with Gasteiger partial charge in [0, 0.05) is 6.20 Å². The summed E-state index contributed by atoms with van der Waals surface area (Å²) in [5.74, 6) is 0. The Balaban J connectivity index is 1.48. The van der Waals surface area contributed by atoms with Crippen LogP contribution in [0.25, 0.3) is 5.69 Å². The Bertz CT molecular complexity index is 868. The van der Waals surface area contributed by atoms with Gasteiger partial charge in [0.05, 0.1) is 36.7 Å². The molecule has 0 aliphatic rings. The number of nitrogens with zero attached hydrogens (tertiary/aromatic N) is 2. The summed E-state index contributed by atoms with van der Waals surface area (Å²) in [7, 11) is 0. The molecular weight excluding hydrogens is 356 g/mol. The smallest absolute Gasteiger partial charge is 0.315 e. The quantitative estimate of drug-likeness (QED) is 0.481. The molecule has 0 aliphatic heterocycles. The lowest BCUT2D eigenvalue weighted by molar-refractivity contribution is 0.131. The van der Waals surface area contributed by atoms with Crippen molar-refractivity contribution < 1.29 is 15.0 Å². The highest BCUT2D eigenvalue weighted by molar-refractivity contribution is 5.74. The van der Waals surface area contributed by atoms with Crippen molar-refractivity contribution >= 4 is 6.03 Å². The van der Waals surface area contributed by atoms with Gasteiger partial charge in [-0.25, -0.2) is 9.48 Å². The number of amides is 2. The minimum atomic E-state index is -0.764. The SMILES string of the molecule is O=C(NCc1ccn(-c2ccccc2)n1)NC(CO)CC(O)c1ccccc1. The van der Waals surface area contributed by atoms with Crippen LogP contribution in [0.1, 0.15) is 23.8 Å². The molecule has 4 N–H and O–H groups in total. The van der Waals surface area contributed by atoms with Gasteiger partial charge in [-0.15, -0.1) is 0 Å². The number of carbonyl (C=O) groups is 1. The maximum atomic E-state index is 12.1. The molecule has 2 unspecified atom stereocenters. The van der Waals surface area contributed by atoms with Crippen LogP contribution in [0.2, 0.25) is 0 Å². The molecule has 0 bridgehead atoms. The van der Waals surface area contributed by atoms with Gasteiger partial charge in [0.2, 0.25) is 0 Å². The van der Waals surface area contributed by atoms with Crippen molar-refractivity contribution in [1.82, 2.24) is 20.4 Å². The zero-order chi connectivity index (χ0) is 19.8. The first-order chi connectivity index (χ1) is 13.7. The molecule has 3 aromatic rings. The van der Waals surface area contributed by atoms with Crippen LogP contribution in [-0.2, 0) is 6.54 Å². The fourth-order valence-electron chi connectivity index (χ4n) is 2.85. The maximum Gasteiger partial charge on any atom is 0.315 e. The Kier molecular flexibility index (Phi) is 6.78. The Morgan fingerprint density at radius 2 is 1.71 bits per heavy atom. The van der Waals surface area contributed by atoms with Crippen LogP contribution >= 0.6 is 0 Å². The molecule has 1 aromatic heterocycles. The molecule has 0 saturated heterocycles. The Hall–Kier alpha value is -3.16. The summed E-state index contributed by atoms with van der Waals surface area (Å²) >= 11 is 0. The minimum Gasteiger partial charge on any atom is -0.394 e. The van der Waals surface area contributed by atoms with E-state index in [2.05, 4.69) is 15.7 Å². The van der Waals surface area contributed by atoms with Gasteiger partial charge in [0.25, 0.3) is 0 Å². The van der Waals surface area contributed by atoms with Crippen molar-refractivity contribution in [2.45, 2.75) is 25.1 Å². The second-order valence-electron chi connectivity index (χ2n) is 6.46. The number of urea groups is 1. The van der Waals surface area contributed by atoms with Gasteiger partial charge in [-0.05, 0) is 30.2 Å². The monoisotopic (exact) mass is 380 g/mol. The van der Waals surface area contributed by atoms with Gasteiger partial charge < -0.3 is 20.8 Å². The van der Waals surface area contributed by atoms with Crippen molar-refractivity contribution in [3.8, 4) is 5.69 Å². The number of aromatic nitrogens is 2. The number of benzene rings is 2. The molecule has 7 nitrogen and oxygen atoms in total. The molecule has 2 amide bonds. The van der Waals surface area contributed by atoms with E-state index in [1.165, 1.54) is 0 Å². The van der Waals surface area contributed by atoms with Crippen LogP contribution in [0.3, 0.4) is 0 Å². The first kappa shape index (κ1) is 19.6. The summed E-state index contributed by atoms with van der Waals surface area (Å²) in [4.78, 5) is 12.1. The zero-order valence-electron chi connectivity index (χ0n) is 15.4. The van der Waals surface area contributed by atoms with Gasteiger partial charge in [-0.2, -0.15) is 5.10 Å². The highest BCUT2D eigenvalue weighted by atomic mass is 16.3. The van der Waals surface area contributed by atoms with Crippen LogP contribution in [0.4, 0.5) is 4.79 Å². The van der Waals surface area contributed by atoms with Crippen molar-refractivity contribution in [2.75, 3.05) is 6.61 Å². The summed E-state index contributed by atoms with van der Waals surface area (Å²) in [5.41, 5.74) is 2.40. The molecule has 0 aliphatic carbocycles. The number of rotatable bonds is 8. The fraction of sp³-hybridized carbons (Fsp3) is 0.238. The third kappa shape index (κ3) is 5.42. The molecule has 2 atom stereocenters. The lowest BCUT2D eigenvalue weighted by Gasteiger charge is -2.20. The predicted octanol–water partition coefficient (Wildman–Crippen LogP) is 2.16. The Morgan fingerprint density at radius 3 is 2.39 bits per heavy atom. The highest BCUT2D eigenvalue weighted by Crippen LogP contribution is 2.17. The van der Waals surface area contributed by atoms with Gasteiger partial charge in [-0.3, -0.25) is 0 Å². The van der Waals surface area contributed by atoms with E-state index in [0.29, 0.717) is 5.69 Å². The van der Waals surface area contributed by atoms with Crippen molar-refractivity contribution in [3.05, 3.63) is 84.2 Å². The number of para-hydroxylation sites is 1. The van der Waals surface area contributed by atoms with E-state index in [1.54, 1.807) is 4.68 Å². The summed E-state index contributed by atoms with van der Waals surface area (Å²) in [6.07, 6.45) is 1.29. The number of aliphatic hydroxyl groups is 2. The normalized spacial score (nSPS) is 12.9. The average molecular weight is 380 g/mol. The summed E-state index contributed by atoms with van der Waals surface area (Å²) in [6, 6.07) is 19.7. The standard InChI is InChI=1S/C21H24N4O3/c26-15-18(13-20(27)16-7-3-1-4-8-16)23-21(28)22-14-17-11-12-25(24-17)19-9-5-2-6-10-19/h1-12,18,20,26-27H,13-15H2,(H2,22,23,28). The van der Waals surface area contributed by atoms with Gasteiger partial charge >= 0.3 is 6.03 Å². The zero-order valence-corrected chi connectivity index (χ0v) is 15.4. The van der Waals surface area contributed by atoms with Crippen LogP contribution in [0.5, 0.6) is 0 Å². The molecule has 0 saturated carbocycles. The molecule has 146 valence electrons. The third-order valence-corrected chi connectivity index (χ3v) is 4.34. The summed E-state index contributed by atoms with van der Waals surface area (Å²) in [5, 5.41) is 29.6. The van der Waals surface area contributed by atoms with Crippen LogP contribution in [0, 0.1) is 0 Å². The fourth-order valence-corrected chi connectivity index (χ4v) is 2.85. The lowest BCUT2D eigenvalue weighted by Crippen LogP contribution is -2.44. The van der Waals surface area contributed by atoms with E-state index < -0.39 is 18.2 Å². The van der Waals surface area contributed by atoms with Crippen LogP contribution in [0.15, 0.2) is 72.9 Å². The lowest BCUT2D eigenvalue weighted by atomic mass is 10.0. The second-order valence-corrected chi connectivity index (χ2v) is 6.46. The number of nitrogens with one attached hydrogen (secondary N) is 2. The number of aliphatic hydroxyl groups excluding tert-OH is 2. The Morgan fingerprint density at radius 1 is 1.04 bits per heavy atom. The average Bonchev–Trinajstić information content (AvgIpc) is 3.22. The summed E-state index contributed by atoms with van der Waals surface area (Å²) < 4.78 is 1.74. The first-order valence-corrected chi connectivity index (χ1v) is 9.14. The Labute approximate surface area is 163 Å². The van der Waals surface area contributed by atoms with Crippen LogP contribution < -0.4 is 10.6 Å². The van der Waals surface area contributed by atoms with E-state index in [1.807, 2.05) is 72.9 Å². The molecule has 28 heavy (non-hydrogen) atoms. The molecule has 7 heteroatoms. The van der Waals surface area contributed by atoms with Crippen LogP contribution in [-0.4, -0.2) is 38.7 Å². The highest BCUT2D eigenvalue weighted by Gasteiger charge is 2.17. The molecule has 0 fully saturated rings. The molecular formula is C21H24N4O3. The van der Waals surface area contributed by atoms with Gasteiger partial charge in [-0.1, -0.05) is 48.5 Å². The molecule has 0 spiro atoms. The van der Waals surface area contributed by atoms with E-state index in [4.69, 9.17) is 0 Å². The number of hydrogen-bond acceptors (Lipinski definition) is 4. The van der Waals surface area contributed by atoms with Crippen molar-refractivity contribution in [1.29, 1.82) is 0 Å². The summed E-state index contributed by atoms with van der Waals surface area (Å²) in [6.45, 7) is -0.00893. The molecule has 2 aromatic carbocycles. The number of hydrogen-bond donors (Lipinski definition) is 4. The second kappa shape index (κ2) is 9.68. The third-order valence-electron chi connectivity index (χ3n) is 4.34. The minimum absolute atomic E-state index is 0.219. The largest absolute Gasteiger partial charge is 0.394 e. The maximum absolute atomic E-state index is 12.1. The van der Waals surface area contributed by atoms with E-state index in [9.17, 15) is 15.0 Å². The van der Waals surface area contributed by atoms with E-state index >= 15 is 0 Å². The van der Waals surface area contributed by atoms with Gasteiger partial charge in [0.15, 0.2) is 0 Å². The molecule has 0 radical (unpaired) electrons. The topological polar surface area (TPSA) is 99.4 Å². The molecule has 1 heterocycles. The number of carbonyl (C=O) groups excluding carboxylic acids is 1. The van der Waals surface area contributed by atoms with Gasteiger partial charge in [0.1, 0.15) is 0 Å². The van der Waals surface area contributed by atoms with Crippen molar-refractivity contribution in [2.24, 2.45) is 0 Å². The molecule has 3 rings (SSSR count). The predicted molar refractivity (Wildman–Crippen MR) is 106 cm³/mol. The van der Waals surface area contributed by atoms with E-state index in [0.717, 1.165) is 11.3 Å². The van der Waals surface area contributed by atoms with Crippen molar-refractivity contribution in [3.63, 3.8) is 0 Å². The van der Waals surface area contributed by atoms with E-state index in [-0.39, 0.29) is 19.6 Å². The first-order valence-electron chi connectivity index (χ1n) is 9.14.